The largest absolute Gasteiger partial charge is 0.353 e. The molecule has 1 aliphatic carbocycles. The van der Waals surface area contributed by atoms with Crippen molar-refractivity contribution in [2.45, 2.75) is 45.2 Å². The number of hydrogen-bond donors (Lipinski definition) is 2. The Balaban J connectivity index is 2.28. The number of carbonyl (C=O) groups is 1. The molecule has 1 amide bonds. The predicted molar refractivity (Wildman–Crippen MR) is 65.9 cm³/mol. The highest BCUT2D eigenvalue weighted by Gasteiger charge is 2.30. The van der Waals surface area contributed by atoms with Crippen molar-refractivity contribution in [3.63, 3.8) is 0 Å². The molecule has 4 heteroatoms. The van der Waals surface area contributed by atoms with Crippen LogP contribution in [0.25, 0.3) is 0 Å². The number of nitrogens with two attached hydrogens (primary N) is 1. The summed E-state index contributed by atoms with van der Waals surface area (Å²) in [6, 6.07) is 0.339. The third kappa shape index (κ3) is 4.03. The molecular weight excluding hydrogens is 208 g/mol. The Labute approximate surface area is 96.6 Å². The summed E-state index contributed by atoms with van der Waals surface area (Å²) in [5, 5.41) is 3.05. The van der Waals surface area contributed by atoms with Gasteiger partial charge in [0, 0.05) is 17.8 Å². The highest BCUT2D eigenvalue weighted by Crippen LogP contribution is 2.24. The monoisotopic (exact) mass is 230 g/mol. The summed E-state index contributed by atoms with van der Waals surface area (Å²) in [6.45, 7) is 4.19. The Morgan fingerprint density at radius 3 is 2.87 bits per heavy atom. The summed E-state index contributed by atoms with van der Waals surface area (Å²) < 4.78 is 0. The highest BCUT2D eigenvalue weighted by molar-refractivity contribution is 7.99. The topological polar surface area (TPSA) is 55.1 Å². The fraction of sp³-hybridized carbons (Fsp3) is 0.909. The minimum atomic E-state index is 0.0547. The van der Waals surface area contributed by atoms with Gasteiger partial charge in [0.05, 0.1) is 5.92 Å². The van der Waals surface area contributed by atoms with Crippen molar-refractivity contribution in [3.8, 4) is 0 Å². The number of nitrogens with one attached hydrogen (secondary N) is 1. The van der Waals surface area contributed by atoms with Crippen LogP contribution in [0, 0.1) is 5.92 Å². The van der Waals surface area contributed by atoms with E-state index in [0.717, 1.165) is 30.8 Å². The van der Waals surface area contributed by atoms with Gasteiger partial charge in [0.25, 0.3) is 0 Å². The maximum absolute atomic E-state index is 11.8. The normalized spacial score (nSPS) is 27.7. The average molecular weight is 230 g/mol. The van der Waals surface area contributed by atoms with E-state index in [2.05, 4.69) is 19.2 Å². The van der Waals surface area contributed by atoms with E-state index in [1.807, 2.05) is 11.8 Å². The zero-order chi connectivity index (χ0) is 11.3. The van der Waals surface area contributed by atoms with Crippen LogP contribution in [0.1, 0.15) is 33.1 Å². The Bertz CT molecular complexity index is 211. The number of thioether (sulfide) groups is 1. The van der Waals surface area contributed by atoms with Gasteiger partial charge in [-0.1, -0.05) is 13.3 Å². The van der Waals surface area contributed by atoms with Gasteiger partial charge in [-0.15, -0.1) is 0 Å². The van der Waals surface area contributed by atoms with Crippen LogP contribution in [-0.4, -0.2) is 29.5 Å². The van der Waals surface area contributed by atoms with Gasteiger partial charge in [-0.2, -0.15) is 11.8 Å². The quantitative estimate of drug-likeness (QED) is 0.750. The first-order valence-electron chi connectivity index (χ1n) is 5.78. The molecule has 0 aromatic carbocycles. The third-order valence-electron chi connectivity index (χ3n) is 2.87. The predicted octanol–water partition coefficient (Wildman–Crippen LogP) is 1.37. The number of carbonyl (C=O) groups excluding carboxylic acids is 1. The zero-order valence-electron chi connectivity index (χ0n) is 9.66. The van der Waals surface area contributed by atoms with Crippen molar-refractivity contribution in [1.82, 2.24) is 5.32 Å². The van der Waals surface area contributed by atoms with Gasteiger partial charge in [0.1, 0.15) is 0 Å². The van der Waals surface area contributed by atoms with Crippen LogP contribution in [0.4, 0.5) is 0 Å². The van der Waals surface area contributed by atoms with Gasteiger partial charge in [0.15, 0.2) is 0 Å². The molecule has 3 nitrogen and oxygen atoms in total. The summed E-state index contributed by atoms with van der Waals surface area (Å²) >= 11 is 1.86. The molecule has 0 spiro atoms. The molecule has 1 fully saturated rings. The van der Waals surface area contributed by atoms with Crippen LogP contribution in [-0.2, 0) is 4.79 Å². The van der Waals surface area contributed by atoms with E-state index in [-0.39, 0.29) is 23.9 Å². The molecule has 15 heavy (non-hydrogen) atoms. The first kappa shape index (κ1) is 12.8. The van der Waals surface area contributed by atoms with Crippen molar-refractivity contribution < 1.29 is 4.79 Å². The van der Waals surface area contributed by atoms with E-state index in [9.17, 15) is 4.79 Å². The molecule has 3 atom stereocenters. The maximum Gasteiger partial charge on any atom is 0.224 e. The third-order valence-corrected chi connectivity index (χ3v) is 4.01. The first-order valence-corrected chi connectivity index (χ1v) is 6.94. The van der Waals surface area contributed by atoms with E-state index >= 15 is 0 Å². The molecule has 0 aromatic heterocycles. The molecule has 0 bridgehead atoms. The van der Waals surface area contributed by atoms with Gasteiger partial charge in [-0.3, -0.25) is 4.79 Å². The summed E-state index contributed by atoms with van der Waals surface area (Å²) in [4.78, 5) is 11.8. The molecule has 0 radical (unpaired) electrons. The van der Waals surface area contributed by atoms with Crippen LogP contribution in [0.15, 0.2) is 0 Å². The van der Waals surface area contributed by atoms with Gasteiger partial charge < -0.3 is 11.1 Å². The number of hydrogen-bond acceptors (Lipinski definition) is 3. The summed E-state index contributed by atoms with van der Waals surface area (Å²) in [5.74, 6) is 2.30. The lowest BCUT2D eigenvalue weighted by atomic mass is 10.0. The SMILES string of the molecule is CCSCC(C)NC(=O)C1CCCC1N. The second-order valence-electron chi connectivity index (χ2n) is 4.27. The number of rotatable bonds is 5. The fourth-order valence-corrected chi connectivity index (χ4v) is 2.67. The van der Waals surface area contributed by atoms with E-state index in [1.54, 1.807) is 0 Å². The molecule has 0 saturated heterocycles. The van der Waals surface area contributed by atoms with Crippen molar-refractivity contribution in [1.29, 1.82) is 0 Å². The van der Waals surface area contributed by atoms with Crippen LogP contribution in [0.5, 0.6) is 0 Å². The maximum atomic E-state index is 11.8. The van der Waals surface area contributed by atoms with Gasteiger partial charge in [-0.25, -0.2) is 0 Å². The van der Waals surface area contributed by atoms with E-state index in [4.69, 9.17) is 5.73 Å². The van der Waals surface area contributed by atoms with Crippen molar-refractivity contribution in [2.24, 2.45) is 11.7 Å². The van der Waals surface area contributed by atoms with Crippen molar-refractivity contribution in [3.05, 3.63) is 0 Å². The second-order valence-corrected chi connectivity index (χ2v) is 5.59. The average Bonchev–Trinajstić information content (AvgIpc) is 2.61. The Kier molecular flexibility index (Phi) is 5.47. The Hall–Kier alpha value is -0.220. The molecule has 0 aromatic rings. The smallest absolute Gasteiger partial charge is 0.224 e. The summed E-state index contributed by atoms with van der Waals surface area (Å²) in [5.41, 5.74) is 5.89. The molecule has 3 unspecified atom stereocenters. The van der Waals surface area contributed by atoms with Crippen LogP contribution in [0.3, 0.4) is 0 Å². The van der Waals surface area contributed by atoms with Crippen molar-refractivity contribution in [2.75, 3.05) is 11.5 Å². The standard InChI is InChI=1S/C11H22N2OS/c1-3-15-7-8(2)13-11(14)9-5-4-6-10(9)12/h8-10H,3-7,12H2,1-2H3,(H,13,14). The van der Waals surface area contributed by atoms with Crippen LogP contribution in [0.2, 0.25) is 0 Å². The van der Waals surface area contributed by atoms with Gasteiger partial charge in [-0.05, 0) is 25.5 Å². The van der Waals surface area contributed by atoms with E-state index in [0.29, 0.717) is 0 Å². The fourth-order valence-electron chi connectivity index (χ4n) is 2.00. The molecule has 1 rings (SSSR count). The molecule has 88 valence electrons. The minimum Gasteiger partial charge on any atom is -0.353 e. The lowest BCUT2D eigenvalue weighted by Gasteiger charge is -2.19. The van der Waals surface area contributed by atoms with Crippen molar-refractivity contribution >= 4 is 17.7 Å². The molecular formula is C11H22N2OS. The second kappa shape index (κ2) is 6.38. The van der Waals surface area contributed by atoms with Gasteiger partial charge >= 0.3 is 0 Å². The lowest BCUT2D eigenvalue weighted by molar-refractivity contribution is -0.125. The molecule has 1 aliphatic rings. The highest BCUT2D eigenvalue weighted by atomic mass is 32.2. The lowest BCUT2D eigenvalue weighted by Crippen LogP contribution is -2.43. The molecule has 0 aliphatic heterocycles. The first-order chi connectivity index (χ1) is 7.15. The summed E-state index contributed by atoms with van der Waals surface area (Å²) in [6.07, 6.45) is 3.05. The molecule has 1 saturated carbocycles. The van der Waals surface area contributed by atoms with E-state index < -0.39 is 0 Å². The van der Waals surface area contributed by atoms with Crippen LogP contribution < -0.4 is 11.1 Å². The van der Waals surface area contributed by atoms with Gasteiger partial charge in [0.2, 0.25) is 5.91 Å². The zero-order valence-corrected chi connectivity index (χ0v) is 10.5. The summed E-state index contributed by atoms with van der Waals surface area (Å²) in [7, 11) is 0. The molecule has 0 heterocycles. The Morgan fingerprint density at radius 1 is 1.60 bits per heavy atom. The van der Waals surface area contributed by atoms with Crippen LogP contribution >= 0.6 is 11.8 Å². The molecule has 3 N–H and O–H groups in total. The van der Waals surface area contributed by atoms with E-state index in [1.165, 1.54) is 0 Å². The minimum absolute atomic E-state index is 0.0547. The number of amides is 1. The Morgan fingerprint density at radius 2 is 2.33 bits per heavy atom.